The number of nitro groups is 1. The first-order valence-electron chi connectivity index (χ1n) is 7.34. The van der Waals surface area contributed by atoms with Gasteiger partial charge in [-0.3, -0.25) is 29.4 Å². The summed E-state index contributed by atoms with van der Waals surface area (Å²) in [5.41, 5.74) is 5.18. The molecule has 11 heteroatoms. The average Bonchev–Trinajstić information content (AvgIpc) is 3.15. The lowest BCUT2D eigenvalue weighted by molar-refractivity contribution is -0.384. The van der Waals surface area contributed by atoms with Gasteiger partial charge in [-0.15, -0.1) is 0 Å². The van der Waals surface area contributed by atoms with Crippen molar-refractivity contribution in [1.29, 1.82) is 0 Å². The van der Waals surface area contributed by atoms with Gasteiger partial charge in [0.25, 0.3) is 16.8 Å². The molecule has 1 aromatic heterocycles. The van der Waals surface area contributed by atoms with E-state index in [0.29, 0.717) is 17.3 Å². The number of thioether (sulfide) groups is 1. The molecule has 1 aromatic carbocycles. The van der Waals surface area contributed by atoms with Gasteiger partial charge in [0.05, 0.1) is 14.9 Å². The highest BCUT2D eigenvalue weighted by Crippen LogP contribution is 2.35. The fourth-order valence-electron chi connectivity index (χ4n) is 2.31. The number of primary amides is 1. The molecule has 27 heavy (non-hydrogen) atoms. The fraction of sp³-hybridized carbons (Fsp3) is 0.0625. The van der Waals surface area contributed by atoms with Gasteiger partial charge >= 0.3 is 0 Å². The number of rotatable bonds is 5. The molecule has 1 saturated heterocycles. The van der Waals surface area contributed by atoms with E-state index in [1.165, 1.54) is 36.4 Å². The summed E-state index contributed by atoms with van der Waals surface area (Å²) in [5, 5.41) is 10.6. The zero-order valence-corrected chi connectivity index (χ0v) is 15.0. The fourth-order valence-corrected chi connectivity index (χ4v) is 3.34. The molecular formula is C16H10ClN3O6S. The number of carbonyl (C=O) groups is 3. The minimum absolute atomic E-state index is 0.0623. The van der Waals surface area contributed by atoms with E-state index in [4.69, 9.17) is 21.8 Å². The molecule has 0 aliphatic carbocycles. The van der Waals surface area contributed by atoms with E-state index in [-0.39, 0.29) is 27.1 Å². The molecule has 138 valence electrons. The average molecular weight is 408 g/mol. The first-order chi connectivity index (χ1) is 12.8. The van der Waals surface area contributed by atoms with Crippen molar-refractivity contribution in [2.45, 2.75) is 0 Å². The van der Waals surface area contributed by atoms with Crippen LogP contribution in [0.3, 0.4) is 0 Å². The van der Waals surface area contributed by atoms with Gasteiger partial charge in [-0.2, -0.15) is 0 Å². The molecule has 0 bridgehead atoms. The van der Waals surface area contributed by atoms with Crippen LogP contribution in [0.5, 0.6) is 0 Å². The third-order valence-corrected chi connectivity index (χ3v) is 4.75. The summed E-state index contributed by atoms with van der Waals surface area (Å²) in [7, 11) is 0. The van der Waals surface area contributed by atoms with Crippen LogP contribution in [-0.4, -0.2) is 33.4 Å². The quantitative estimate of drug-likeness (QED) is 0.456. The molecule has 2 N–H and O–H groups in total. The molecule has 2 aromatic rings. The summed E-state index contributed by atoms with van der Waals surface area (Å²) in [6.07, 6.45) is 1.33. The molecule has 0 atom stereocenters. The smallest absolute Gasteiger partial charge is 0.294 e. The maximum atomic E-state index is 12.2. The highest BCUT2D eigenvalue weighted by molar-refractivity contribution is 8.18. The molecule has 3 rings (SSSR count). The summed E-state index contributed by atoms with van der Waals surface area (Å²) >= 11 is 6.72. The van der Waals surface area contributed by atoms with Gasteiger partial charge in [0.2, 0.25) is 5.91 Å². The van der Waals surface area contributed by atoms with Gasteiger partial charge in [-0.25, -0.2) is 0 Å². The van der Waals surface area contributed by atoms with Crippen LogP contribution < -0.4 is 5.73 Å². The lowest BCUT2D eigenvalue weighted by Gasteiger charge is -2.08. The first-order valence-corrected chi connectivity index (χ1v) is 8.53. The summed E-state index contributed by atoms with van der Waals surface area (Å²) in [6, 6.07) is 6.97. The van der Waals surface area contributed by atoms with E-state index in [0.717, 1.165) is 4.90 Å². The summed E-state index contributed by atoms with van der Waals surface area (Å²) in [5.74, 6) is -0.974. The predicted molar refractivity (Wildman–Crippen MR) is 97.7 cm³/mol. The number of furan rings is 1. The van der Waals surface area contributed by atoms with Crippen molar-refractivity contribution in [2.24, 2.45) is 5.73 Å². The predicted octanol–water partition coefficient (Wildman–Crippen LogP) is 3.03. The van der Waals surface area contributed by atoms with Crippen LogP contribution in [0.2, 0.25) is 5.02 Å². The number of hydrogen-bond donors (Lipinski definition) is 1. The molecule has 3 amide bonds. The zero-order chi connectivity index (χ0) is 19.7. The molecular weight excluding hydrogens is 398 g/mol. The number of benzene rings is 1. The number of halogens is 1. The molecule has 0 spiro atoms. The Kier molecular flexibility index (Phi) is 5.02. The molecule has 0 unspecified atom stereocenters. The van der Waals surface area contributed by atoms with E-state index >= 15 is 0 Å². The van der Waals surface area contributed by atoms with Gasteiger partial charge in [0.1, 0.15) is 18.1 Å². The van der Waals surface area contributed by atoms with E-state index in [1.807, 2.05) is 0 Å². The normalized spacial score (nSPS) is 15.6. The second-order valence-corrected chi connectivity index (χ2v) is 6.76. The number of non-ortho nitro benzene ring substituents is 1. The van der Waals surface area contributed by atoms with Crippen LogP contribution in [0.15, 0.2) is 39.7 Å². The van der Waals surface area contributed by atoms with Crippen molar-refractivity contribution >= 4 is 52.2 Å². The van der Waals surface area contributed by atoms with Crippen molar-refractivity contribution in [1.82, 2.24) is 4.90 Å². The van der Waals surface area contributed by atoms with Gasteiger partial charge in [-0.05, 0) is 30.0 Å². The van der Waals surface area contributed by atoms with E-state index in [1.54, 1.807) is 0 Å². The van der Waals surface area contributed by atoms with Gasteiger partial charge < -0.3 is 10.2 Å². The second-order valence-electron chi connectivity index (χ2n) is 5.36. The van der Waals surface area contributed by atoms with Crippen LogP contribution in [0.1, 0.15) is 5.76 Å². The highest BCUT2D eigenvalue weighted by Gasteiger charge is 2.36. The van der Waals surface area contributed by atoms with E-state index in [9.17, 15) is 24.5 Å². The Hall–Kier alpha value is -3.11. The summed E-state index contributed by atoms with van der Waals surface area (Å²) < 4.78 is 5.58. The van der Waals surface area contributed by atoms with Crippen molar-refractivity contribution in [3.63, 3.8) is 0 Å². The summed E-state index contributed by atoms with van der Waals surface area (Å²) in [4.78, 5) is 46.1. The minimum Gasteiger partial charge on any atom is -0.457 e. The highest BCUT2D eigenvalue weighted by atomic mass is 35.5. The molecule has 1 fully saturated rings. The standard InChI is InChI=1S/C16H10ClN3O6S/c17-11-3-1-8(20(24)25)5-10(11)12-4-2-9(26-12)6-13-15(22)19(7-14(18)21)16(23)27-13/h1-6H,7H2,(H2,18,21)/b13-6-. The van der Waals surface area contributed by atoms with E-state index in [2.05, 4.69) is 0 Å². The van der Waals surface area contributed by atoms with E-state index < -0.39 is 28.5 Å². The third kappa shape index (κ3) is 3.86. The number of nitrogens with two attached hydrogens (primary N) is 1. The topological polar surface area (TPSA) is 137 Å². The maximum Gasteiger partial charge on any atom is 0.294 e. The molecule has 0 saturated carbocycles. The van der Waals surface area contributed by atoms with Crippen molar-refractivity contribution in [2.75, 3.05) is 6.54 Å². The number of imide groups is 1. The molecule has 1 aliphatic heterocycles. The van der Waals surface area contributed by atoms with Crippen molar-refractivity contribution in [3.05, 3.63) is 56.1 Å². The van der Waals surface area contributed by atoms with Crippen molar-refractivity contribution < 1.29 is 23.7 Å². The van der Waals surface area contributed by atoms with Gasteiger partial charge in [-0.1, -0.05) is 11.6 Å². The largest absolute Gasteiger partial charge is 0.457 e. The van der Waals surface area contributed by atoms with Crippen molar-refractivity contribution in [3.8, 4) is 11.3 Å². The first kappa shape index (κ1) is 18.7. The Morgan fingerprint density at radius 2 is 2.07 bits per heavy atom. The minimum atomic E-state index is -0.806. The van der Waals surface area contributed by atoms with Crippen LogP contribution >= 0.6 is 23.4 Å². The lowest BCUT2D eigenvalue weighted by atomic mass is 10.1. The van der Waals surface area contributed by atoms with Gasteiger partial charge in [0, 0.05) is 23.8 Å². The Labute approximate surface area is 160 Å². The van der Waals surface area contributed by atoms with Crippen LogP contribution in [0.4, 0.5) is 10.5 Å². The second kappa shape index (κ2) is 7.25. The Morgan fingerprint density at radius 1 is 1.33 bits per heavy atom. The molecule has 1 aliphatic rings. The Morgan fingerprint density at radius 3 is 2.74 bits per heavy atom. The molecule has 9 nitrogen and oxygen atoms in total. The maximum absolute atomic E-state index is 12.2. The monoisotopic (exact) mass is 407 g/mol. The number of carbonyl (C=O) groups excluding carboxylic acids is 3. The van der Waals surface area contributed by atoms with Crippen LogP contribution in [-0.2, 0) is 9.59 Å². The number of amides is 3. The van der Waals surface area contributed by atoms with Crippen LogP contribution in [0.25, 0.3) is 17.4 Å². The molecule has 2 heterocycles. The number of hydrogen-bond acceptors (Lipinski definition) is 7. The number of nitrogens with zero attached hydrogens (tertiary/aromatic N) is 2. The summed E-state index contributed by atoms with van der Waals surface area (Å²) in [6.45, 7) is -0.505. The zero-order valence-electron chi connectivity index (χ0n) is 13.4. The SMILES string of the molecule is NC(=O)CN1C(=O)S/C(=C\c2ccc(-c3cc([N+](=O)[O-])ccc3Cl)o2)C1=O. The third-order valence-electron chi connectivity index (χ3n) is 3.51. The lowest BCUT2D eigenvalue weighted by Crippen LogP contribution is -2.36. The van der Waals surface area contributed by atoms with Crippen LogP contribution in [0, 0.1) is 10.1 Å². The Balaban J connectivity index is 1.89. The number of nitro benzene ring substituents is 1. The molecule has 0 radical (unpaired) electrons. The Bertz CT molecular complexity index is 1020. The van der Waals surface area contributed by atoms with Gasteiger partial charge in [0.15, 0.2) is 0 Å².